The zero-order chi connectivity index (χ0) is 14.9. The van der Waals surface area contributed by atoms with Crippen molar-refractivity contribution in [3.63, 3.8) is 0 Å². The van der Waals surface area contributed by atoms with Gasteiger partial charge in [-0.2, -0.15) is 0 Å². The molecular weight excluding hydrogens is 266 g/mol. The highest BCUT2D eigenvalue weighted by Crippen LogP contribution is 2.40. The Balaban J connectivity index is 1.72. The first-order valence-corrected chi connectivity index (χ1v) is 7.55. The van der Waals surface area contributed by atoms with Gasteiger partial charge in [0.05, 0.1) is 5.41 Å². The summed E-state index contributed by atoms with van der Waals surface area (Å²) < 4.78 is 0. The summed E-state index contributed by atoms with van der Waals surface area (Å²) in [5.74, 6) is 0.291. The smallest absolute Gasteiger partial charge is 0.230 e. The first-order chi connectivity index (χ1) is 10.1. The highest BCUT2D eigenvalue weighted by molar-refractivity contribution is 5.86. The second-order valence-electron chi connectivity index (χ2n) is 6.16. The van der Waals surface area contributed by atoms with Crippen LogP contribution in [0.15, 0.2) is 24.5 Å². The number of carbonyl (C=O) groups excluding carboxylic acids is 2. The number of carbonyl (C=O) groups is 2. The number of rotatable bonds is 2. The summed E-state index contributed by atoms with van der Waals surface area (Å²) in [7, 11) is 0. The first-order valence-electron chi connectivity index (χ1n) is 7.55. The minimum absolute atomic E-state index is 0.0782. The van der Waals surface area contributed by atoms with Crippen LogP contribution in [0.2, 0.25) is 0 Å². The van der Waals surface area contributed by atoms with Gasteiger partial charge in [-0.3, -0.25) is 14.6 Å². The number of piperidine rings is 1. The summed E-state index contributed by atoms with van der Waals surface area (Å²) in [4.78, 5) is 32.2. The SMILES string of the molecule is CC(=O)N1CCCC2(CCN(Cc3ccncc3)C2=O)C1. The molecule has 0 N–H and O–H groups in total. The molecule has 2 aliphatic heterocycles. The molecule has 1 unspecified atom stereocenters. The van der Waals surface area contributed by atoms with Crippen molar-refractivity contribution in [3.05, 3.63) is 30.1 Å². The molecule has 2 amide bonds. The molecule has 5 heteroatoms. The summed E-state index contributed by atoms with van der Waals surface area (Å²) in [6.45, 7) is 4.39. The van der Waals surface area contributed by atoms with E-state index in [4.69, 9.17) is 0 Å². The minimum Gasteiger partial charge on any atom is -0.342 e. The Bertz CT molecular complexity index is 546. The fraction of sp³-hybridized carbons (Fsp3) is 0.562. The van der Waals surface area contributed by atoms with Gasteiger partial charge in [-0.15, -0.1) is 0 Å². The van der Waals surface area contributed by atoms with Crippen LogP contribution in [0.5, 0.6) is 0 Å². The van der Waals surface area contributed by atoms with Crippen LogP contribution in [-0.2, 0) is 16.1 Å². The molecule has 1 atom stereocenters. The van der Waals surface area contributed by atoms with Crippen LogP contribution >= 0.6 is 0 Å². The minimum atomic E-state index is -0.336. The van der Waals surface area contributed by atoms with E-state index < -0.39 is 0 Å². The summed E-state index contributed by atoms with van der Waals surface area (Å²) in [5, 5.41) is 0. The van der Waals surface area contributed by atoms with Gasteiger partial charge in [0, 0.05) is 45.5 Å². The third kappa shape index (κ3) is 2.64. The lowest BCUT2D eigenvalue weighted by Gasteiger charge is -2.38. The van der Waals surface area contributed by atoms with Gasteiger partial charge in [0.2, 0.25) is 11.8 Å². The first kappa shape index (κ1) is 14.0. The molecule has 21 heavy (non-hydrogen) atoms. The zero-order valence-corrected chi connectivity index (χ0v) is 12.4. The maximum atomic E-state index is 12.8. The Labute approximate surface area is 124 Å². The fourth-order valence-corrected chi connectivity index (χ4v) is 3.53. The van der Waals surface area contributed by atoms with Crippen LogP contribution in [0, 0.1) is 5.41 Å². The van der Waals surface area contributed by atoms with Gasteiger partial charge in [0.1, 0.15) is 0 Å². The van der Waals surface area contributed by atoms with Gasteiger partial charge < -0.3 is 9.80 Å². The molecular formula is C16H21N3O2. The fourth-order valence-electron chi connectivity index (χ4n) is 3.53. The van der Waals surface area contributed by atoms with Crippen molar-refractivity contribution in [1.29, 1.82) is 0 Å². The lowest BCUT2D eigenvalue weighted by atomic mass is 9.78. The highest BCUT2D eigenvalue weighted by atomic mass is 16.2. The van der Waals surface area contributed by atoms with Gasteiger partial charge in [0.25, 0.3) is 0 Å². The van der Waals surface area contributed by atoms with Crippen LogP contribution in [0.25, 0.3) is 0 Å². The van der Waals surface area contributed by atoms with E-state index in [0.29, 0.717) is 13.1 Å². The number of amides is 2. The quantitative estimate of drug-likeness (QED) is 0.827. The van der Waals surface area contributed by atoms with Crippen molar-refractivity contribution in [3.8, 4) is 0 Å². The Morgan fingerprint density at radius 1 is 1.29 bits per heavy atom. The summed E-state index contributed by atoms with van der Waals surface area (Å²) in [5.41, 5.74) is 0.770. The predicted molar refractivity (Wildman–Crippen MR) is 78.2 cm³/mol. The largest absolute Gasteiger partial charge is 0.342 e. The van der Waals surface area contributed by atoms with E-state index in [1.807, 2.05) is 21.9 Å². The molecule has 2 saturated heterocycles. The van der Waals surface area contributed by atoms with E-state index in [1.165, 1.54) is 0 Å². The molecule has 3 heterocycles. The van der Waals surface area contributed by atoms with E-state index >= 15 is 0 Å². The van der Waals surface area contributed by atoms with E-state index in [9.17, 15) is 9.59 Å². The van der Waals surface area contributed by atoms with Crippen molar-refractivity contribution < 1.29 is 9.59 Å². The van der Waals surface area contributed by atoms with E-state index in [0.717, 1.165) is 37.9 Å². The molecule has 1 aromatic heterocycles. The maximum absolute atomic E-state index is 12.8. The van der Waals surface area contributed by atoms with Crippen molar-refractivity contribution >= 4 is 11.8 Å². The van der Waals surface area contributed by atoms with Crippen LogP contribution in [0.4, 0.5) is 0 Å². The number of nitrogens with zero attached hydrogens (tertiary/aromatic N) is 3. The molecule has 1 spiro atoms. The third-order valence-corrected chi connectivity index (χ3v) is 4.75. The average molecular weight is 287 g/mol. The van der Waals surface area contributed by atoms with Crippen LogP contribution in [-0.4, -0.2) is 46.2 Å². The molecule has 112 valence electrons. The molecule has 2 fully saturated rings. The molecule has 0 aliphatic carbocycles. The Morgan fingerprint density at radius 2 is 2.05 bits per heavy atom. The van der Waals surface area contributed by atoms with Crippen LogP contribution in [0.3, 0.4) is 0 Å². The third-order valence-electron chi connectivity index (χ3n) is 4.75. The average Bonchev–Trinajstić information content (AvgIpc) is 2.78. The van der Waals surface area contributed by atoms with Gasteiger partial charge in [-0.1, -0.05) is 0 Å². The second-order valence-corrected chi connectivity index (χ2v) is 6.16. The number of hydrogen-bond donors (Lipinski definition) is 0. The number of aromatic nitrogens is 1. The normalized spacial score (nSPS) is 25.7. The van der Waals surface area contributed by atoms with Crippen LogP contribution in [0.1, 0.15) is 31.7 Å². The molecule has 3 rings (SSSR count). The zero-order valence-electron chi connectivity index (χ0n) is 12.4. The Kier molecular flexibility index (Phi) is 3.66. The maximum Gasteiger partial charge on any atom is 0.230 e. The molecule has 0 aromatic carbocycles. The van der Waals surface area contributed by atoms with Gasteiger partial charge >= 0.3 is 0 Å². The molecule has 0 saturated carbocycles. The summed E-state index contributed by atoms with van der Waals surface area (Å²) >= 11 is 0. The molecule has 2 aliphatic rings. The highest BCUT2D eigenvalue weighted by Gasteiger charge is 2.49. The standard InChI is InChI=1S/C16H21N3O2/c1-13(20)19-9-2-5-16(12-19)6-10-18(15(16)21)11-14-3-7-17-8-4-14/h3-4,7-8H,2,5-6,9-12H2,1H3. The van der Waals surface area contributed by atoms with Gasteiger partial charge in [-0.25, -0.2) is 0 Å². The summed E-state index contributed by atoms with van der Waals surface area (Å²) in [6.07, 6.45) is 6.20. The van der Waals surface area contributed by atoms with Crippen molar-refractivity contribution in [2.45, 2.75) is 32.7 Å². The monoisotopic (exact) mass is 287 g/mol. The Morgan fingerprint density at radius 3 is 2.76 bits per heavy atom. The number of pyridine rings is 1. The van der Waals surface area contributed by atoms with Crippen molar-refractivity contribution in [1.82, 2.24) is 14.8 Å². The Hall–Kier alpha value is -1.91. The molecule has 1 aromatic rings. The van der Waals surface area contributed by atoms with E-state index in [2.05, 4.69) is 4.98 Å². The molecule has 0 bridgehead atoms. The number of hydrogen-bond acceptors (Lipinski definition) is 3. The van der Waals surface area contributed by atoms with E-state index in [1.54, 1.807) is 19.3 Å². The molecule has 5 nitrogen and oxygen atoms in total. The summed E-state index contributed by atoms with van der Waals surface area (Å²) in [6, 6.07) is 3.89. The van der Waals surface area contributed by atoms with E-state index in [-0.39, 0.29) is 17.2 Å². The van der Waals surface area contributed by atoms with Crippen molar-refractivity contribution in [2.75, 3.05) is 19.6 Å². The lowest BCUT2D eigenvalue weighted by Crippen LogP contribution is -2.49. The second kappa shape index (κ2) is 5.47. The van der Waals surface area contributed by atoms with Gasteiger partial charge in [0.15, 0.2) is 0 Å². The molecule has 0 radical (unpaired) electrons. The topological polar surface area (TPSA) is 53.5 Å². The predicted octanol–water partition coefficient (Wildman–Crippen LogP) is 1.44. The van der Waals surface area contributed by atoms with Crippen molar-refractivity contribution in [2.24, 2.45) is 5.41 Å². The van der Waals surface area contributed by atoms with Crippen LogP contribution < -0.4 is 0 Å². The van der Waals surface area contributed by atoms with Gasteiger partial charge in [-0.05, 0) is 37.0 Å². The lowest BCUT2D eigenvalue weighted by molar-refractivity contribution is -0.142. The number of likely N-dealkylation sites (tertiary alicyclic amines) is 2.